The molecule has 2 aliphatic heterocycles. The fraction of sp³-hybridized carbons (Fsp3) is 0.478. The molecule has 0 amide bonds. The van der Waals surface area contributed by atoms with Gasteiger partial charge in [-0.05, 0) is 37.0 Å². The number of Topliss-reactive ketones (excluding diaryl/α,β-unsaturated/α-hetero) is 1. The van der Waals surface area contributed by atoms with E-state index in [0.717, 1.165) is 52.0 Å². The molecular formula is C23H29N3O2. The van der Waals surface area contributed by atoms with Crippen molar-refractivity contribution in [2.75, 3.05) is 45.9 Å². The molecule has 28 heavy (non-hydrogen) atoms. The minimum Gasteiger partial charge on any atom is -0.381 e. The molecule has 0 atom stereocenters. The summed E-state index contributed by atoms with van der Waals surface area (Å²) < 4.78 is 5.60. The highest BCUT2D eigenvalue weighted by atomic mass is 16.5. The first-order valence-electron chi connectivity index (χ1n) is 10.3. The Morgan fingerprint density at radius 1 is 0.964 bits per heavy atom. The van der Waals surface area contributed by atoms with Crippen LogP contribution in [-0.4, -0.2) is 72.0 Å². The Hall–Kier alpha value is -2.08. The van der Waals surface area contributed by atoms with E-state index in [1.54, 1.807) is 6.20 Å². The smallest absolute Gasteiger partial charge is 0.201 e. The van der Waals surface area contributed by atoms with Gasteiger partial charge in [-0.15, -0.1) is 0 Å². The van der Waals surface area contributed by atoms with E-state index in [2.05, 4.69) is 45.1 Å². The summed E-state index contributed by atoms with van der Waals surface area (Å²) in [7, 11) is 0. The van der Waals surface area contributed by atoms with Crippen LogP contribution in [0.5, 0.6) is 0 Å². The fourth-order valence-electron chi connectivity index (χ4n) is 4.46. The van der Waals surface area contributed by atoms with Gasteiger partial charge in [-0.1, -0.05) is 36.4 Å². The highest BCUT2D eigenvalue weighted by molar-refractivity contribution is 6.01. The van der Waals surface area contributed by atoms with Crippen LogP contribution in [-0.2, 0) is 11.2 Å². The first kappa shape index (κ1) is 19.2. The first-order valence-corrected chi connectivity index (χ1v) is 10.3. The molecule has 0 bridgehead atoms. The van der Waals surface area contributed by atoms with Crippen molar-refractivity contribution in [2.45, 2.75) is 24.8 Å². The standard InChI is InChI=1S/C23H29N3O2/c27-22(21-8-4-5-12-24-21)23(10-18-28-19-11-23)26-16-14-25(15-17-26)13-9-20-6-2-1-3-7-20/h1-8,12H,9-11,13-19H2. The predicted molar refractivity (Wildman–Crippen MR) is 110 cm³/mol. The summed E-state index contributed by atoms with van der Waals surface area (Å²) in [5.41, 5.74) is 1.50. The van der Waals surface area contributed by atoms with E-state index in [9.17, 15) is 4.79 Å². The summed E-state index contributed by atoms with van der Waals surface area (Å²) in [6.07, 6.45) is 4.30. The van der Waals surface area contributed by atoms with Crippen molar-refractivity contribution in [1.82, 2.24) is 14.8 Å². The summed E-state index contributed by atoms with van der Waals surface area (Å²) in [4.78, 5) is 22.7. The topological polar surface area (TPSA) is 45.7 Å². The Bertz CT molecular complexity index is 752. The van der Waals surface area contributed by atoms with Crippen molar-refractivity contribution in [3.8, 4) is 0 Å². The molecule has 148 valence electrons. The Kier molecular flexibility index (Phi) is 6.15. The number of nitrogens with zero attached hydrogens (tertiary/aromatic N) is 3. The number of hydrogen-bond acceptors (Lipinski definition) is 5. The van der Waals surface area contributed by atoms with Gasteiger partial charge in [0, 0.05) is 52.1 Å². The molecule has 0 radical (unpaired) electrons. The number of ether oxygens (including phenoxy) is 1. The molecule has 0 spiro atoms. The minimum atomic E-state index is -0.460. The second-order valence-electron chi connectivity index (χ2n) is 7.75. The quantitative estimate of drug-likeness (QED) is 0.722. The number of benzene rings is 1. The van der Waals surface area contributed by atoms with Crippen LogP contribution in [0.2, 0.25) is 0 Å². The molecular weight excluding hydrogens is 350 g/mol. The molecule has 2 saturated heterocycles. The molecule has 5 nitrogen and oxygen atoms in total. The summed E-state index contributed by atoms with van der Waals surface area (Å²) in [6.45, 7) is 6.22. The van der Waals surface area contributed by atoms with Gasteiger partial charge in [0.25, 0.3) is 0 Å². The number of rotatable bonds is 6. The molecule has 1 aromatic heterocycles. The van der Waals surface area contributed by atoms with Gasteiger partial charge in [0.05, 0.1) is 5.54 Å². The number of carbonyl (C=O) groups is 1. The van der Waals surface area contributed by atoms with Crippen molar-refractivity contribution in [2.24, 2.45) is 0 Å². The Balaban J connectivity index is 1.41. The maximum atomic E-state index is 13.4. The van der Waals surface area contributed by atoms with Gasteiger partial charge >= 0.3 is 0 Å². The van der Waals surface area contributed by atoms with Crippen LogP contribution in [0, 0.1) is 0 Å². The van der Waals surface area contributed by atoms with Crippen LogP contribution in [0.25, 0.3) is 0 Å². The molecule has 0 N–H and O–H groups in total. The zero-order valence-corrected chi connectivity index (χ0v) is 16.4. The average Bonchev–Trinajstić information content (AvgIpc) is 2.79. The predicted octanol–water partition coefficient (Wildman–Crippen LogP) is 2.67. The lowest BCUT2D eigenvalue weighted by Gasteiger charge is -2.48. The summed E-state index contributed by atoms with van der Waals surface area (Å²) >= 11 is 0. The number of ketones is 1. The van der Waals surface area contributed by atoms with Crippen LogP contribution in [0.15, 0.2) is 54.7 Å². The zero-order valence-electron chi connectivity index (χ0n) is 16.4. The van der Waals surface area contributed by atoms with E-state index in [4.69, 9.17) is 4.74 Å². The molecule has 4 rings (SSSR count). The number of carbonyl (C=O) groups excluding carboxylic acids is 1. The maximum Gasteiger partial charge on any atom is 0.201 e. The van der Waals surface area contributed by atoms with E-state index in [1.165, 1.54) is 5.56 Å². The molecule has 0 unspecified atom stereocenters. The van der Waals surface area contributed by atoms with Gasteiger partial charge in [0.15, 0.2) is 0 Å². The van der Waals surface area contributed by atoms with E-state index >= 15 is 0 Å². The number of hydrogen-bond donors (Lipinski definition) is 0. The molecule has 2 aliphatic rings. The van der Waals surface area contributed by atoms with Gasteiger partial charge in [-0.2, -0.15) is 0 Å². The average molecular weight is 380 g/mol. The SMILES string of the molecule is O=C(c1ccccn1)C1(N2CCN(CCc3ccccc3)CC2)CCOCC1. The molecule has 2 fully saturated rings. The monoisotopic (exact) mass is 379 g/mol. The van der Waals surface area contributed by atoms with Crippen LogP contribution >= 0.6 is 0 Å². The summed E-state index contributed by atoms with van der Waals surface area (Å²) in [5.74, 6) is 0.161. The molecule has 2 aromatic rings. The lowest BCUT2D eigenvalue weighted by Crippen LogP contribution is -2.62. The lowest BCUT2D eigenvalue weighted by atomic mass is 9.81. The van der Waals surface area contributed by atoms with E-state index in [1.807, 2.05) is 18.2 Å². The lowest BCUT2D eigenvalue weighted by molar-refractivity contribution is -0.0331. The zero-order chi connectivity index (χ0) is 19.2. The van der Waals surface area contributed by atoms with E-state index in [0.29, 0.717) is 18.9 Å². The van der Waals surface area contributed by atoms with E-state index in [-0.39, 0.29) is 5.78 Å². The van der Waals surface area contributed by atoms with Crippen LogP contribution < -0.4 is 0 Å². The summed E-state index contributed by atoms with van der Waals surface area (Å²) in [6, 6.07) is 16.3. The number of aromatic nitrogens is 1. The van der Waals surface area contributed by atoms with Gasteiger partial charge in [-0.3, -0.25) is 14.7 Å². The van der Waals surface area contributed by atoms with Crippen molar-refractivity contribution in [1.29, 1.82) is 0 Å². The largest absolute Gasteiger partial charge is 0.381 e. The van der Waals surface area contributed by atoms with Crippen molar-refractivity contribution in [3.05, 3.63) is 66.0 Å². The van der Waals surface area contributed by atoms with E-state index < -0.39 is 5.54 Å². The van der Waals surface area contributed by atoms with Crippen molar-refractivity contribution < 1.29 is 9.53 Å². The second-order valence-corrected chi connectivity index (χ2v) is 7.75. The third-order valence-electron chi connectivity index (χ3n) is 6.18. The normalized spacial score (nSPS) is 20.7. The third-order valence-corrected chi connectivity index (χ3v) is 6.18. The van der Waals surface area contributed by atoms with Gasteiger partial charge in [0.1, 0.15) is 5.69 Å². The van der Waals surface area contributed by atoms with Gasteiger partial charge in [0.2, 0.25) is 5.78 Å². The van der Waals surface area contributed by atoms with Crippen LogP contribution in [0.1, 0.15) is 28.9 Å². The molecule has 0 saturated carbocycles. The maximum absolute atomic E-state index is 13.4. The first-order chi connectivity index (χ1) is 13.8. The van der Waals surface area contributed by atoms with Crippen molar-refractivity contribution in [3.63, 3.8) is 0 Å². The van der Waals surface area contributed by atoms with Crippen molar-refractivity contribution >= 4 is 5.78 Å². The van der Waals surface area contributed by atoms with Crippen LogP contribution in [0.4, 0.5) is 0 Å². The third kappa shape index (κ3) is 4.17. The Morgan fingerprint density at radius 3 is 2.36 bits per heavy atom. The molecule has 5 heteroatoms. The highest BCUT2D eigenvalue weighted by Crippen LogP contribution is 2.32. The fourth-order valence-corrected chi connectivity index (χ4v) is 4.46. The highest BCUT2D eigenvalue weighted by Gasteiger charge is 2.46. The van der Waals surface area contributed by atoms with Gasteiger partial charge in [-0.25, -0.2) is 0 Å². The van der Waals surface area contributed by atoms with Gasteiger partial charge < -0.3 is 9.64 Å². The Labute approximate surface area is 167 Å². The minimum absolute atomic E-state index is 0.161. The number of pyridine rings is 1. The second kappa shape index (κ2) is 8.95. The molecule has 3 heterocycles. The molecule has 1 aromatic carbocycles. The number of piperazine rings is 1. The molecule has 0 aliphatic carbocycles. The summed E-state index contributed by atoms with van der Waals surface area (Å²) in [5, 5.41) is 0. The Morgan fingerprint density at radius 2 is 1.68 bits per heavy atom. The van der Waals surface area contributed by atoms with Crippen LogP contribution in [0.3, 0.4) is 0 Å².